The van der Waals surface area contributed by atoms with Crippen LogP contribution in [0.1, 0.15) is 19.3 Å². The number of thiophene rings is 1. The first-order chi connectivity index (χ1) is 7.92. The van der Waals surface area contributed by atoms with E-state index >= 15 is 0 Å². The van der Waals surface area contributed by atoms with Crippen molar-refractivity contribution in [3.8, 4) is 11.1 Å². The van der Waals surface area contributed by atoms with Crippen molar-refractivity contribution in [1.29, 1.82) is 0 Å². The van der Waals surface area contributed by atoms with Crippen LogP contribution in [0.3, 0.4) is 0 Å². The highest BCUT2D eigenvalue weighted by molar-refractivity contribution is 7.08. The van der Waals surface area contributed by atoms with Gasteiger partial charge in [0.2, 0.25) is 0 Å². The fourth-order valence-electron chi connectivity index (χ4n) is 2.01. The molecule has 1 aliphatic rings. The summed E-state index contributed by atoms with van der Waals surface area (Å²) in [6, 6.07) is 11.6. The fourth-order valence-corrected chi connectivity index (χ4v) is 2.67. The van der Waals surface area contributed by atoms with Crippen LogP contribution in [0.4, 0.5) is 5.69 Å². The molecule has 2 heteroatoms. The molecule has 1 aliphatic carbocycles. The lowest BCUT2D eigenvalue weighted by atomic mass is 9.93. The van der Waals surface area contributed by atoms with Gasteiger partial charge in [-0.1, -0.05) is 12.1 Å². The van der Waals surface area contributed by atoms with Gasteiger partial charge in [-0.05, 0) is 59.3 Å². The molecule has 16 heavy (non-hydrogen) atoms. The Morgan fingerprint density at radius 1 is 1.12 bits per heavy atom. The van der Waals surface area contributed by atoms with E-state index in [-0.39, 0.29) is 0 Å². The van der Waals surface area contributed by atoms with Crippen LogP contribution in [-0.2, 0) is 0 Å². The van der Waals surface area contributed by atoms with Crippen LogP contribution in [0, 0.1) is 0 Å². The Morgan fingerprint density at radius 3 is 2.75 bits per heavy atom. The first-order valence-electron chi connectivity index (χ1n) is 5.81. The van der Waals surface area contributed by atoms with Gasteiger partial charge in [-0.25, -0.2) is 0 Å². The lowest BCUT2D eigenvalue weighted by Crippen LogP contribution is -2.26. The highest BCUT2D eigenvalue weighted by Gasteiger charge is 2.16. The molecular formula is C14H15NS. The molecule has 0 saturated heterocycles. The van der Waals surface area contributed by atoms with Gasteiger partial charge in [-0.3, -0.25) is 0 Å². The number of nitrogens with one attached hydrogen (secondary N) is 1. The molecule has 3 rings (SSSR count). The summed E-state index contributed by atoms with van der Waals surface area (Å²) < 4.78 is 0. The summed E-state index contributed by atoms with van der Waals surface area (Å²) in [5.41, 5.74) is 3.89. The Hall–Kier alpha value is -1.28. The fraction of sp³-hybridized carbons (Fsp3) is 0.286. The molecular weight excluding hydrogens is 214 g/mol. The zero-order chi connectivity index (χ0) is 10.8. The van der Waals surface area contributed by atoms with E-state index in [9.17, 15) is 0 Å². The molecule has 0 unspecified atom stereocenters. The number of hydrogen-bond donors (Lipinski definition) is 1. The lowest BCUT2D eigenvalue weighted by molar-refractivity contribution is 0.445. The summed E-state index contributed by atoms with van der Waals surface area (Å²) in [6.07, 6.45) is 4.02. The third-order valence-corrected chi connectivity index (χ3v) is 3.88. The first-order valence-corrected chi connectivity index (χ1v) is 6.75. The summed E-state index contributed by atoms with van der Waals surface area (Å²) in [5, 5.41) is 7.91. The summed E-state index contributed by atoms with van der Waals surface area (Å²) in [5.74, 6) is 0. The molecule has 1 nitrogen and oxygen atoms in total. The highest BCUT2D eigenvalue weighted by atomic mass is 32.1. The van der Waals surface area contributed by atoms with E-state index in [0.717, 1.165) is 0 Å². The van der Waals surface area contributed by atoms with E-state index in [1.165, 1.54) is 36.1 Å². The predicted octanol–water partition coefficient (Wildman–Crippen LogP) is 4.38. The van der Waals surface area contributed by atoms with E-state index in [4.69, 9.17) is 0 Å². The van der Waals surface area contributed by atoms with Crippen molar-refractivity contribution in [1.82, 2.24) is 0 Å². The maximum absolute atomic E-state index is 3.58. The standard InChI is InChI=1S/C14H15NS/c1-3-11(12-7-8-16-10-12)9-14(6-1)15-13-4-2-5-13/h1,3,6-10,13,15H,2,4-5H2. The molecule has 82 valence electrons. The lowest BCUT2D eigenvalue weighted by Gasteiger charge is -2.27. The third-order valence-electron chi connectivity index (χ3n) is 3.19. The molecule has 0 bridgehead atoms. The largest absolute Gasteiger partial charge is 0.382 e. The zero-order valence-corrected chi connectivity index (χ0v) is 9.96. The van der Waals surface area contributed by atoms with E-state index in [0.29, 0.717) is 6.04 Å². The Kier molecular flexibility index (Phi) is 2.66. The van der Waals surface area contributed by atoms with Crippen LogP contribution in [0.25, 0.3) is 11.1 Å². The van der Waals surface area contributed by atoms with Crippen LogP contribution in [0.5, 0.6) is 0 Å². The van der Waals surface area contributed by atoms with Crippen molar-refractivity contribution >= 4 is 17.0 Å². The first kappa shape index (κ1) is 9.91. The molecule has 1 aromatic carbocycles. The molecule has 1 aromatic heterocycles. The Bertz CT molecular complexity index is 457. The molecule has 2 aromatic rings. The Labute approximate surface area is 100 Å². The molecule has 0 atom stereocenters. The molecule has 1 fully saturated rings. The van der Waals surface area contributed by atoms with Crippen LogP contribution in [0.15, 0.2) is 41.1 Å². The van der Waals surface area contributed by atoms with Crippen molar-refractivity contribution < 1.29 is 0 Å². The van der Waals surface area contributed by atoms with Crippen molar-refractivity contribution in [2.75, 3.05) is 5.32 Å². The number of benzene rings is 1. The second-order valence-corrected chi connectivity index (χ2v) is 5.15. The van der Waals surface area contributed by atoms with E-state index in [1.807, 2.05) is 0 Å². The van der Waals surface area contributed by atoms with Crippen LogP contribution < -0.4 is 5.32 Å². The van der Waals surface area contributed by atoms with E-state index in [1.54, 1.807) is 11.3 Å². The second-order valence-electron chi connectivity index (χ2n) is 4.36. The normalized spacial score (nSPS) is 15.8. The highest BCUT2D eigenvalue weighted by Crippen LogP contribution is 2.27. The van der Waals surface area contributed by atoms with Gasteiger partial charge in [-0.15, -0.1) is 0 Å². The molecule has 0 radical (unpaired) electrons. The van der Waals surface area contributed by atoms with Gasteiger partial charge in [0, 0.05) is 11.7 Å². The quantitative estimate of drug-likeness (QED) is 0.823. The minimum absolute atomic E-state index is 0.706. The number of hydrogen-bond acceptors (Lipinski definition) is 2. The smallest absolute Gasteiger partial charge is 0.0348 e. The molecule has 1 N–H and O–H groups in total. The monoisotopic (exact) mass is 229 g/mol. The molecule has 0 amide bonds. The van der Waals surface area contributed by atoms with Gasteiger partial charge in [0.05, 0.1) is 0 Å². The van der Waals surface area contributed by atoms with Crippen LogP contribution in [0.2, 0.25) is 0 Å². The Balaban J connectivity index is 1.82. The number of anilines is 1. The van der Waals surface area contributed by atoms with Gasteiger partial charge >= 0.3 is 0 Å². The van der Waals surface area contributed by atoms with E-state index < -0.39 is 0 Å². The number of rotatable bonds is 3. The minimum atomic E-state index is 0.706. The topological polar surface area (TPSA) is 12.0 Å². The second kappa shape index (κ2) is 4.30. The van der Waals surface area contributed by atoms with Gasteiger partial charge in [0.1, 0.15) is 0 Å². The van der Waals surface area contributed by atoms with Crippen LogP contribution >= 0.6 is 11.3 Å². The Morgan fingerprint density at radius 2 is 2.06 bits per heavy atom. The summed E-state index contributed by atoms with van der Waals surface area (Å²) in [7, 11) is 0. The van der Waals surface area contributed by atoms with Crippen molar-refractivity contribution in [3.63, 3.8) is 0 Å². The SMILES string of the molecule is c1cc(NC2CCC2)cc(-c2ccsc2)c1. The van der Waals surface area contributed by atoms with Gasteiger partial charge in [-0.2, -0.15) is 11.3 Å². The maximum atomic E-state index is 3.58. The zero-order valence-electron chi connectivity index (χ0n) is 9.15. The summed E-state index contributed by atoms with van der Waals surface area (Å²) in [4.78, 5) is 0. The molecule has 1 saturated carbocycles. The average Bonchev–Trinajstić information content (AvgIpc) is 2.77. The van der Waals surface area contributed by atoms with Crippen molar-refractivity contribution in [2.24, 2.45) is 0 Å². The van der Waals surface area contributed by atoms with E-state index in [2.05, 4.69) is 46.4 Å². The van der Waals surface area contributed by atoms with Gasteiger partial charge < -0.3 is 5.32 Å². The van der Waals surface area contributed by atoms with Gasteiger partial charge in [0.25, 0.3) is 0 Å². The predicted molar refractivity (Wildman–Crippen MR) is 71.0 cm³/mol. The van der Waals surface area contributed by atoms with Crippen molar-refractivity contribution in [3.05, 3.63) is 41.1 Å². The minimum Gasteiger partial charge on any atom is -0.382 e. The summed E-state index contributed by atoms with van der Waals surface area (Å²) in [6.45, 7) is 0. The maximum Gasteiger partial charge on any atom is 0.0348 e. The van der Waals surface area contributed by atoms with Crippen LogP contribution in [-0.4, -0.2) is 6.04 Å². The molecule has 1 heterocycles. The summed E-state index contributed by atoms with van der Waals surface area (Å²) >= 11 is 1.75. The average molecular weight is 229 g/mol. The third kappa shape index (κ3) is 1.98. The molecule has 0 spiro atoms. The van der Waals surface area contributed by atoms with Gasteiger partial charge in [0.15, 0.2) is 0 Å². The molecule has 0 aliphatic heterocycles. The van der Waals surface area contributed by atoms with Crippen molar-refractivity contribution in [2.45, 2.75) is 25.3 Å².